The Labute approximate surface area is 72.6 Å². The van der Waals surface area contributed by atoms with Crippen molar-refractivity contribution in [2.75, 3.05) is 0 Å². The topological polar surface area (TPSA) is 12.9 Å². The van der Waals surface area contributed by atoms with Crippen LogP contribution in [0.15, 0.2) is 12.1 Å². The SMILES string of the molecule is CCC(C)c1ccc(F)c(C)n1. The third-order valence-electron chi connectivity index (χ3n) is 2.16. The predicted molar refractivity (Wildman–Crippen MR) is 47.6 cm³/mol. The van der Waals surface area contributed by atoms with E-state index in [-0.39, 0.29) is 5.82 Å². The number of nitrogens with zero attached hydrogens (tertiary/aromatic N) is 1. The van der Waals surface area contributed by atoms with Crippen molar-refractivity contribution < 1.29 is 4.39 Å². The highest BCUT2D eigenvalue weighted by Gasteiger charge is 2.06. The smallest absolute Gasteiger partial charge is 0.144 e. The fraction of sp³-hybridized carbons (Fsp3) is 0.500. The van der Waals surface area contributed by atoms with Gasteiger partial charge in [0.05, 0.1) is 5.69 Å². The number of hydrogen-bond acceptors (Lipinski definition) is 1. The van der Waals surface area contributed by atoms with Gasteiger partial charge in [0.25, 0.3) is 0 Å². The first-order valence-electron chi connectivity index (χ1n) is 4.28. The maximum Gasteiger partial charge on any atom is 0.144 e. The minimum Gasteiger partial charge on any atom is -0.255 e. The van der Waals surface area contributed by atoms with E-state index in [1.165, 1.54) is 6.07 Å². The molecule has 12 heavy (non-hydrogen) atoms. The maximum absolute atomic E-state index is 12.8. The van der Waals surface area contributed by atoms with Crippen molar-refractivity contribution in [3.8, 4) is 0 Å². The number of hydrogen-bond donors (Lipinski definition) is 0. The molecule has 1 unspecified atom stereocenters. The average Bonchev–Trinajstić information content (AvgIpc) is 2.08. The fourth-order valence-corrected chi connectivity index (χ4v) is 1.05. The van der Waals surface area contributed by atoms with E-state index in [0.29, 0.717) is 11.6 Å². The van der Waals surface area contributed by atoms with Crippen molar-refractivity contribution in [3.63, 3.8) is 0 Å². The van der Waals surface area contributed by atoms with Gasteiger partial charge in [-0.3, -0.25) is 4.98 Å². The van der Waals surface area contributed by atoms with E-state index < -0.39 is 0 Å². The summed E-state index contributed by atoms with van der Waals surface area (Å²) >= 11 is 0. The Balaban J connectivity index is 2.96. The van der Waals surface area contributed by atoms with Gasteiger partial charge >= 0.3 is 0 Å². The van der Waals surface area contributed by atoms with Crippen molar-refractivity contribution in [3.05, 3.63) is 29.3 Å². The molecule has 1 aromatic heterocycles. The molecule has 0 saturated carbocycles. The molecule has 0 aliphatic heterocycles. The van der Waals surface area contributed by atoms with Gasteiger partial charge in [0.15, 0.2) is 0 Å². The molecule has 66 valence electrons. The second-order valence-electron chi connectivity index (χ2n) is 3.11. The zero-order chi connectivity index (χ0) is 9.14. The van der Waals surface area contributed by atoms with Crippen LogP contribution in [0.2, 0.25) is 0 Å². The summed E-state index contributed by atoms with van der Waals surface area (Å²) in [6.07, 6.45) is 1.04. The second-order valence-corrected chi connectivity index (χ2v) is 3.11. The summed E-state index contributed by atoms with van der Waals surface area (Å²) in [7, 11) is 0. The molecular weight excluding hydrogens is 153 g/mol. The Hall–Kier alpha value is -0.920. The summed E-state index contributed by atoms with van der Waals surface area (Å²) < 4.78 is 12.8. The molecule has 1 nitrogen and oxygen atoms in total. The van der Waals surface area contributed by atoms with Crippen LogP contribution in [0.5, 0.6) is 0 Å². The molecule has 1 aromatic rings. The quantitative estimate of drug-likeness (QED) is 0.659. The molecule has 1 rings (SSSR count). The summed E-state index contributed by atoms with van der Waals surface area (Å²) in [6.45, 7) is 5.89. The zero-order valence-corrected chi connectivity index (χ0v) is 7.76. The Morgan fingerprint density at radius 2 is 2.17 bits per heavy atom. The maximum atomic E-state index is 12.8. The highest BCUT2D eigenvalue weighted by Crippen LogP contribution is 2.17. The lowest BCUT2D eigenvalue weighted by molar-refractivity contribution is 0.600. The van der Waals surface area contributed by atoms with Crippen LogP contribution in [-0.2, 0) is 0 Å². The molecule has 0 bridgehead atoms. The minimum atomic E-state index is -0.220. The van der Waals surface area contributed by atoms with Gasteiger partial charge in [0.1, 0.15) is 5.82 Å². The van der Waals surface area contributed by atoms with Crippen LogP contribution in [-0.4, -0.2) is 4.98 Å². The lowest BCUT2D eigenvalue weighted by atomic mass is 10.0. The van der Waals surface area contributed by atoms with Gasteiger partial charge in [-0.15, -0.1) is 0 Å². The molecule has 2 heteroatoms. The largest absolute Gasteiger partial charge is 0.255 e. The fourth-order valence-electron chi connectivity index (χ4n) is 1.05. The standard InChI is InChI=1S/C10H14FN/c1-4-7(2)10-6-5-9(11)8(3)12-10/h5-7H,4H2,1-3H3. The van der Waals surface area contributed by atoms with Crippen molar-refractivity contribution in [1.29, 1.82) is 0 Å². The Bertz CT molecular complexity index is 271. The monoisotopic (exact) mass is 167 g/mol. The first-order chi connectivity index (χ1) is 5.65. The number of halogens is 1. The summed E-state index contributed by atoms with van der Waals surface area (Å²) in [5, 5.41) is 0. The highest BCUT2D eigenvalue weighted by molar-refractivity contribution is 5.14. The van der Waals surface area contributed by atoms with Crippen molar-refractivity contribution in [2.24, 2.45) is 0 Å². The van der Waals surface area contributed by atoms with Gasteiger partial charge in [-0.25, -0.2) is 4.39 Å². The van der Waals surface area contributed by atoms with Gasteiger partial charge in [-0.2, -0.15) is 0 Å². The van der Waals surface area contributed by atoms with E-state index in [2.05, 4.69) is 18.8 Å². The van der Waals surface area contributed by atoms with Crippen LogP contribution >= 0.6 is 0 Å². The van der Waals surface area contributed by atoms with Crippen LogP contribution in [0.3, 0.4) is 0 Å². The molecule has 0 fully saturated rings. The van der Waals surface area contributed by atoms with Gasteiger partial charge < -0.3 is 0 Å². The summed E-state index contributed by atoms with van der Waals surface area (Å²) in [5.41, 5.74) is 1.48. The van der Waals surface area contributed by atoms with E-state index in [1.54, 1.807) is 13.0 Å². The second kappa shape index (κ2) is 3.65. The Morgan fingerprint density at radius 1 is 1.50 bits per heavy atom. The predicted octanol–water partition coefficient (Wildman–Crippen LogP) is 3.04. The van der Waals surface area contributed by atoms with Crippen LogP contribution in [0.25, 0.3) is 0 Å². The summed E-state index contributed by atoms with van der Waals surface area (Å²) in [6, 6.07) is 3.25. The van der Waals surface area contributed by atoms with Gasteiger partial charge in [0, 0.05) is 5.69 Å². The Morgan fingerprint density at radius 3 is 2.67 bits per heavy atom. The molecule has 1 heterocycles. The molecule has 1 atom stereocenters. The van der Waals surface area contributed by atoms with Crippen LogP contribution < -0.4 is 0 Å². The first kappa shape index (κ1) is 9.17. The molecule has 0 N–H and O–H groups in total. The van der Waals surface area contributed by atoms with E-state index in [0.717, 1.165) is 12.1 Å². The van der Waals surface area contributed by atoms with Crippen LogP contribution in [0.1, 0.15) is 37.6 Å². The van der Waals surface area contributed by atoms with Crippen LogP contribution in [0.4, 0.5) is 4.39 Å². The normalized spacial score (nSPS) is 13.0. The zero-order valence-electron chi connectivity index (χ0n) is 7.76. The van der Waals surface area contributed by atoms with E-state index in [4.69, 9.17) is 0 Å². The lowest BCUT2D eigenvalue weighted by Crippen LogP contribution is -1.98. The van der Waals surface area contributed by atoms with Gasteiger partial charge in [-0.1, -0.05) is 13.8 Å². The number of rotatable bonds is 2. The molecule has 0 spiro atoms. The highest BCUT2D eigenvalue weighted by atomic mass is 19.1. The molecule has 0 aliphatic rings. The molecule has 0 saturated heterocycles. The number of pyridine rings is 1. The molecule has 0 aromatic carbocycles. The summed E-state index contributed by atoms with van der Waals surface area (Å²) in [5.74, 6) is 0.200. The van der Waals surface area contributed by atoms with Gasteiger partial charge in [-0.05, 0) is 31.4 Å². The average molecular weight is 167 g/mol. The third kappa shape index (κ3) is 1.81. The van der Waals surface area contributed by atoms with Crippen molar-refractivity contribution in [1.82, 2.24) is 4.98 Å². The molecule has 0 aliphatic carbocycles. The van der Waals surface area contributed by atoms with Crippen LogP contribution in [0, 0.1) is 12.7 Å². The lowest BCUT2D eigenvalue weighted by Gasteiger charge is -2.08. The van der Waals surface area contributed by atoms with Crippen molar-refractivity contribution in [2.45, 2.75) is 33.1 Å². The third-order valence-corrected chi connectivity index (χ3v) is 2.16. The molecule has 0 amide bonds. The molecule has 0 radical (unpaired) electrons. The van der Waals surface area contributed by atoms with Crippen molar-refractivity contribution >= 4 is 0 Å². The van der Waals surface area contributed by atoms with E-state index in [9.17, 15) is 4.39 Å². The molecular formula is C10H14FN. The van der Waals surface area contributed by atoms with E-state index in [1.807, 2.05) is 0 Å². The minimum absolute atomic E-state index is 0.220. The number of aromatic nitrogens is 1. The first-order valence-corrected chi connectivity index (χ1v) is 4.28. The van der Waals surface area contributed by atoms with E-state index >= 15 is 0 Å². The Kier molecular flexibility index (Phi) is 2.79. The number of aryl methyl sites for hydroxylation is 1. The van der Waals surface area contributed by atoms with Gasteiger partial charge in [0.2, 0.25) is 0 Å². The summed E-state index contributed by atoms with van der Waals surface area (Å²) in [4.78, 5) is 4.17.